The Morgan fingerprint density at radius 2 is 2.00 bits per heavy atom. The minimum atomic E-state index is -0.343. The van der Waals surface area contributed by atoms with E-state index in [1.165, 1.54) is 41.8 Å². The normalized spacial score (nSPS) is 16.1. The van der Waals surface area contributed by atoms with Gasteiger partial charge in [0.15, 0.2) is 0 Å². The Bertz CT molecular complexity index is 1200. The predicted molar refractivity (Wildman–Crippen MR) is 132 cm³/mol. The van der Waals surface area contributed by atoms with Gasteiger partial charge in [-0.15, -0.1) is 5.10 Å². The molecule has 35 heavy (non-hydrogen) atoms. The standard InChI is InChI=1S/C27H31FN4O3/c1-20-5-3-15-31(18-20)16-4-14-29-27(34)22-8-10-24(11-9-22)32-26(33)13-12-25(30-32)35-19-21-6-2-7-23(28)17-21/h2,6-13,17,20H,3-5,14-16,18-19H2,1H3,(H,29,34)/t20-/m0/s1. The van der Waals surface area contributed by atoms with Crippen molar-refractivity contribution in [3.63, 3.8) is 0 Å². The molecule has 1 amide bonds. The van der Waals surface area contributed by atoms with Gasteiger partial charge in [-0.2, -0.15) is 4.68 Å². The molecule has 2 heterocycles. The zero-order chi connectivity index (χ0) is 24.6. The van der Waals surface area contributed by atoms with Gasteiger partial charge in [-0.25, -0.2) is 4.39 Å². The van der Waals surface area contributed by atoms with E-state index in [0.717, 1.165) is 32.0 Å². The molecule has 0 spiro atoms. The number of aromatic nitrogens is 2. The molecule has 0 saturated carbocycles. The van der Waals surface area contributed by atoms with Crippen LogP contribution in [-0.2, 0) is 6.61 Å². The average Bonchev–Trinajstić information content (AvgIpc) is 2.86. The Balaban J connectivity index is 1.31. The van der Waals surface area contributed by atoms with Crippen molar-refractivity contribution in [1.82, 2.24) is 20.0 Å². The van der Waals surface area contributed by atoms with E-state index in [1.54, 1.807) is 36.4 Å². The summed E-state index contributed by atoms with van der Waals surface area (Å²) in [4.78, 5) is 27.3. The Labute approximate surface area is 204 Å². The fourth-order valence-electron chi connectivity index (χ4n) is 4.29. The predicted octanol–water partition coefficient (Wildman–Crippen LogP) is 3.80. The number of hydrogen-bond acceptors (Lipinski definition) is 5. The lowest BCUT2D eigenvalue weighted by Gasteiger charge is -2.30. The highest BCUT2D eigenvalue weighted by Crippen LogP contribution is 2.15. The first-order chi connectivity index (χ1) is 17.0. The number of halogens is 1. The zero-order valence-corrected chi connectivity index (χ0v) is 20.0. The summed E-state index contributed by atoms with van der Waals surface area (Å²) in [6, 6.07) is 15.6. The van der Waals surface area contributed by atoms with Crippen LogP contribution in [0.3, 0.4) is 0 Å². The second-order valence-corrected chi connectivity index (χ2v) is 9.04. The Kier molecular flexibility index (Phi) is 8.26. The maximum atomic E-state index is 13.4. The molecule has 1 aromatic heterocycles. The van der Waals surface area contributed by atoms with Crippen LogP contribution in [0.25, 0.3) is 5.69 Å². The number of carbonyl (C=O) groups excluding carboxylic acids is 1. The summed E-state index contributed by atoms with van der Waals surface area (Å²) in [5.74, 6) is 0.499. The smallest absolute Gasteiger partial charge is 0.271 e. The van der Waals surface area contributed by atoms with E-state index >= 15 is 0 Å². The first kappa shape index (κ1) is 24.6. The molecule has 4 rings (SSSR count). The lowest BCUT2D eigenvalue weighted by molar-refractivity contribution is 0.0950. The molecule has 0 bridgehead atoms. The number of ether oxygens (including phenoxy) is 1. The number of benzene rings is 2. The van der Waals surface area contributed by atoms with Crippen LogP contribution in [0.2, 0.25) is 0 Å². The van der Waals surface area contributed by atoms with Crippen molar-refractivity contribution in [2.75, 3.05) is 26.2 Å². The highest BCUT2D eigenvalue weighted by molar-refractivity contribution is 5.94. The van der Waals surface area contributed by atoms with Gasteiger partial charge in [-0.3, -0.25) is 9.59 Å². The van der Waals surface area contributed by atoms with Crippen molar-refractivity contribution in [1.29, 1.82) is 0 Å². The number of carbonyl (C=O) groups is 1. The van der Waals surface area contributed by atoms with Crippen LogP contribution in [0.15, 0.2) is 65.5 Å². The molecule has 1 fully saturated rings. The van der Waals surface area contributed by atoms with Gasteiger partial charge >= 0.3 is 0 Å². The Hall–Kier alpha value is -3.52. The van der Waals surface area contributed by atoms with E-state index in [9.17, 15) is 14.0 Å². The van der Waals surface area contributed by atoms with Crippen LogP contribution in [-0.4, -0.2) is 46.8 Å². The quantitative estimate of drug-likeness (QED) is 0.474. The van der Waals surface area contributed by atoms with Crippen LogP contribution in [0.1, 0.15) is 42.1 Å². The molecular weight excluding hydrogens is 447 g/mol. The van der Waals surface area contributed by atoms with Gasteiger partial charge in [0.1, 0.15) is 12.4 Å². The summed E-state index contributed by atoms with van der Waals surface area (Å²) >= 11 is 0. The molecule has 1 aliphatic heterocycles. The third-order valence-electron chi connectivity index (χ3n) is 6.10. The molecule has 184 valence electrons. The summed E-state index contributed by atoms with van der Waals surface area (Å²) in [7, 11) is 0. The Morgan fingerprint density at radius 1 is 1.17 bits per heavy atom. The number of likely N-dealkylation sites (tertiary alicyclic amines) is 1. The minimum Gasteiger partial charge on any atom is -0.472 e. The van der Waals surface area contributed by atoms with E-state index in [0.29, 0.717) is 23.4 Å². The van der Waals surface area contributed by atoms with E-state index in [2.05, 4.69) is 22.2 Å². The second kappa shape index (κ2) is 11.8. The SMILES string of the molecule is C[C@H]1CCCN(CCCNC(=O)c2ccc(-n3nc(OCc4cccc(F)c4)ccc3=O)cc2)C1. The first-order valence-electron chi connectivity index (χ1n) is 12.1. The fourth-order valence-corrected chi connectivity index (χ4v) is 4.29. The van der Waals surface area contributed by atoms with Crippen LogP contribution < -0.4 is 15.6 Å². The molecule has 7 nitrogen and oxygen atoms in total. The summed E-state index contributed by atoms with van der Waals surface area (Å²) in [5, 5.41) is 7.22. The molecule has 2 aromatic carbocycles. The van der Waals surface area contributed by atoms with Crippen LogP contribution in [0.4, 0.5) is 4.39 Å². The molecule has 0 aliphatic carbocycles. The molecule has 0 unspecified atom stereocenters. The Morgan fingerprint density at radius 3 is 2.77 bits per heavy atom. The van der Waals surface area contributed by atoms with Crippen LogP contribution in [0, 0.1) is 11.7 Å². The molecule has 1 saturated heterocycles. The molecule has 1 N–H and O–H groups in total. The number of nitrogens with one attached hydrogen (secondary N) is 1. The second-order valence-electron chi connectivity index (χ2n) is 9.04. The van der Waals surface area contributed by atoms with Gasteiger partial charge in [-0.1, -0.05) is 19.1 Å². The van der Waals surface area contributed by atoms with Gasteiger partial charge in [0.05, 0.1) is 5.69 Å². The monoisotopic (exact) mass is 478 g/mol. The maximum absolute atomic E-state index is 13.4. The summed E-state index contributed by atoms with van der Waals surface area (Å²) in [5.41, 5.74) is 1.37. The first-order valence-corrected chi connectivity index (χ1v) is 12.1. The summed E-state index contributed by atoms with van der Waals surface area (Å²) in [6.45, 7) is 6.31. The summed E-state index contributed by atoms with van der Waals surface area (Å²) in [6.07, 6.45) is 3.47. The highest BCUT2D eigenvalue weighted by atomic mass is 19.1. The molecule has 0 radical (unpaired) electrons. The average molecular weight is 479 g/mol. The molecule has 1 atom stereocenters. The van der Waals surface area contributed by atoms with Crippen molar-refractivity contribution >= 4 is 5.91 Å². The third kappa shape index (κ3) is 6.99. The number of nitrogens with zero attached hydrogens (tertiary/aromatic N) is 3. The third-order valence-corrected chi connectivity index (χ3v) is 6.10. The van der Waals surface area contributed by atoms with Crippen molar-refractivity contribution in [3.8, 4) is 11.6 Å². The van der Waals surface area contributed by atoms with E-state index in [-0.39, 0.29) is 29.8 Å². The van der Waals surface area contributed by atoms with Crippen LogP contribution >= 0.6 is 0 Å². The van der Waals surface area contributed by atoms with Crippen molar-refractivity contribution in [2.24, 2.45) is 5.92 Å². The number of amides is 1. The molecule has 8 heteroatoms. The number of hydrogen-bond donors (Lipinski definition) is 1. The van der Waals surface area contributed by atoms with Gasteiger partial charge in [0.2, 0.25) is 5.88 Å². The van der Waals surface area contributed by atoms with Gasteiger partial charge in [0, 0.05) is 30.8 Å². The van der Waals surface area contributed by atoms with Gasteiger partial charge in [-0.05, 0) is 80.2 Å². The lowest BCUT2D eigenvalue weighted by Crippen LogP contribution is -2.36. The zero-order valence-electron chi connectivity index (χ0n) is 20.0. The van der Waals surface area contributed by atoms with E-state index in [1.807, 2.05) is 0 Å². The fraction of sp³-hybridized carbons (Fsp3) is 0.370. The van der Waals surface area contributed by atoms with Crippen molar-refractivity contribution in [3.05, 3.63) is 88.0 Å². The van der Waals surface area contributed by atoms with Crippen molar-refractivity contribution < 1.29 is 13.9 Å². The summed E-state index contributed by atoms with van der Waals surface area (Å²) < 4.78 is 20.2. The number of piperidine rings is 1. The van der Waals surface area contributed by atoms with Crippen molar-refractivity contribution in [2.45, 2.75) is 32.8 Å². The number of rotatable bonds is 9. The van der Waals surface area contributed by atoms with Gasteiger partial charge in [0.25, 0.3) is 11.5 Å². The van der Waals surface area contributed by atoms with E-state index in [4.69, 9.17) is 4.74 Å². The minimum absolute atomic E-state index is 0.124. The van der Waals surface area contributed by atoms with Gasteiger partial charge < -0.3 is 15.0 Å². The van der Waals surface area contributed by atoms with Crippen LogP contribution in [0.5, 0.6) is 5.88 Å². The largest absolute Gasteiger partial charge is 0.472 e. The molecule has 3 aromatic rings. The highest BCUT2D eigenvalue weighted by Gasteiger charge is 2.15. The molecular formula is C27H31FN4O3. The molecule has 1 aliphatic rings. The topological polar surface area (TPSA) is 76.5 Å². The lowest BCUT2D eigenvalue weighted by atomic mass is 10.0. The maximum Gasteiger partial charge on any atom is 0.271 e. The van der Waals surface area contributed by atoms with E-state index < -0.39 is 0 Å².